The van der Waals surface area contributed by atoms with Crippen molar-refractivity contribution in [3.8, 4) is 0 Å². The summed E-state index contributed by atoms with van der Waals surface area (Å²) < 4.78 is 0.792. The van der Waals surface area contributed by atoms with Crippen LogP contribution in [0.5, 0.6) is 0 Å². The number of hydrogen-bond donors (Lipinski definition) is 2. The molecule has 2 atom stereocenters. The van der Waals surface area contributed by atoms with Crippen LogP contribution in [0.4, 0.5) is 0 Å². The molecule has 0 spiro atoms. The van der Waals surface area contributed by atoms with E-state index in [9.17, 15) is 9.90 Å². The molecule has 88 valence electrons. The third-order valence-corrected chi connectivity index (χ3v) is 2.87. The van der Waals surface area contributed by atoms with Gasteiger partial charge in [-0.1, -0.05) is 13.8 Å². The SMILES string of the molecule is CC(C)C(C(=O)O)C(O)c1ccc(Br)cn1. The van der Waals surface area contributed by atoms with Crippen molar-refractivity contribution in [2.45, 2.75) is 20.0 Å². The van der Waals surface area contributed by atoms with E-state index >= 15 is 0 Å². The molecule has 0 aliphatic rings. The van der Waals surface area contributed by atoms with Crippen molar-refractivity contribution in [2.75, 3.05) is 0 Å². The Morgan fingerprint density at radius 1 is 1.44 bits per heavy atom. The quantitative estimate of drug-likeness (QED) is 0.891. The number of carbonyl (C=O) groups is 1. The Morgan fingerprint density at radius 3 is 2.44 bits per heavy atom. The normalized spacial score (nSPS) is 14.8. The van der Waals surface area contributed by atoms with E-state index in [-0.39, 0.29) is 5.92 Å². The Hall–Kier alpha value is -0.940. The number of aliphatic hydroxyl groups excluding tert-OH is 1. The van der Waals surface area contributed by atoms with Gasteiger partial charge < -0.3 is 10.2 Å². The first-order valence-electron chi connectivity index (χ1n) is 4.95. The zero-order valence-electron chi connectivity index (χ0n) is 9.09. The number of aliphatic hydroxyl groups is 1. The van der Waals surface area contributed by atoms with Crippen LogP contribution in [0.3, 0.4) is 0 Å². The Bertz CT molecular complexity index is 364. The number of rotatable bonds is 4. The first-order valence-corrected chi connectivity index (χ1v) is 5.75. The van der Waals surface area contributed by atoms with Gasteiger partial charge in [0.25, 0.3) is 0 Å². The fraction of sp³-hybridized carbons (Fsp3) is 0.455. The number of hydrogen-bond acceptors (Lipinski definition) is 3. The zero-order chi connectivity index (χ0) is 12.3. The summed E-state index contributed by atoms with van der Waals surface area (Å²) in [6.07, 6.45) is 0.461. The van der Waals surface area contributed by atoms with E-state index < -0.39 is 18.0 Å². The van der Waals surface area contributed by atoms with Crippen LogP contribution in [0.25, 0.3) is 0 Å². The highest BCUT2D eigenvalue weighted by atomic mass is 79.9. The summed E-state index contributed by atoms with van der Waals surface area (Å²) in [5.74, 6) is -2.00. The number of nitrogens with zero attached hydrogens (tertiary/aromatic N) is 1. The number of carboxylic acid groups (broad SMARTS) is 1. The predicted octanol–water partition coefficient (Wildman–Crippen LogP) is 2.23. The van der Waals surface area contributed by atoms with Gasteiger partial charge in [0.15, 0.2) is 0 Å². The molecule has 1 rings (SSSR count). The van der Waals surface area contributed by atoms with E-state index in [0.29, 0.717) is 5.69 Å². The number of aliphatic carboxylic acids is 1. The Balaban J connectivity index is 2.94. The van der Waals surface area contributed by atoms with Crippen molar-refractivity contribution in [2.24, 2.45) is 11.8 Å². The van der Waals surface area contributed by atoms with E-state index in [1.54, 1.807) is 26.0 Å². The summed E-state index contributed by atoms with van der Waals surface area (Å²) in [5.41, 5.74) is 0.379. The molecular formula is C11H14BrNO3. The molecule has 0 aliphatic heterocycles. The fourth-order valence-corrected chi connectivity index (χ4v) is 1.77. The molecule has 0 amide bonds. The van der Waals surface area contributed by atoms with Crippen LogP contribution in [0.2, 0.25) is 0 Å². The molecule has 0 bridgehead atoms. The Labute approximate surface area is 102 Å². The third kappa shape index (κ3) is 3.02. The molecule has 2 N–H and O–H groups in total. The lowest BCUT2D eigenvalue weighted by atomic mass is 9.88. The molecule has 1 heterocycles. The van der Waals surface area contributed by atoms with Gasteiger partial charge in [0.1, 0.15) is 6.10 Å². The van der Waals surface area contributed by atoms with Crippen molar-refractivity contribution in [3.63, 3.8) is 0 Å². The van der Waals surface area contributed by atoms with Gasteiger partial charge in [-0.15, -0.1) is 0 Å². The molecule has 0 saturated carbocycles. The molecule has 4 nitrogen and oxygen atoms in total. The molecule has 1 aromatic heterocycles. The lowest BCUT2D eigenvalue weighted by molar-refractivity contribution is -0.148. The van der Waals surface area contributed by atoms with E-state index in [1.165, 1.54) is 6.20 Å². The van der Waals surface area contributed by atoms with Crippen molar-refractivity contribution >= 4 is 21.9 Å². The van der Waals surface area contributed by atoms with Crippen molar-refractivity contribution in [1.29, 1.82) is 0 Å². The minimum Gasteiger partial charge on any atom is -0.481 e. The van der Waals surface area contributed by atoms with Crippen LogP contribution >= 0.6 is 15.9 Å². The van der Waals surface area contributed by atoms with E-state index in [4.69, 9.17) is 5.11 Å². The van der Waals surface area contributed by atoms with Crippen molar-refractivity contribution < 1.29 is 15.0 Å². The van der Waals surface area contributed by atoms with E-state index in [0.717, 1.165) is 4.47 Å². The minimum atomic E-state index is -1.08. The maximum Gasteiger partial charge on any atom is 0.309 e. The van der Waals surface area contributed by atoms with Crippen LogP contribution < -0.4 is 0 Å². The van der Waals surface area contributed by atoms with Crippen LogP contribution in [0.15, 0.2) is 22.8 Å². The predicted molar refractivity (Wildman–Crippen MR) is 62.9 cm³/mol. The highest BCUT2D eigenvalue weighted by Gasteiger charge is 2.31. The van der Waals surface area contributed by atoms with Crippen LogP contribution in [-0.2, 0) is 4.79 Å². The zero-order valence-corrected chi connectivity index (χ0v) is 10.7. The van der Waals surface area contributed by atoms with Crippen molar-refractivity contribution in [3.05, 3.63) is 28.5 Å². The van der Waals surface area contributed by atoms with Gasteiger partial charge in [0.2, 0.25) is 0 Å². The topological polar surface area (TPSA) is 70.4 Å². The summed E-state index contributed by atoms with van der Waals surface area (Å²) in [7, 11) is 0. The number of pyridine rings is 1. The number of aromatic nitrogens is 1. The molecule has 0 aliphatic carbocycles. The molecule has 0 radical (unpaired) electrons. The second kappa shape index (κ2) is 5.41. The smallest absolute Gasteiger partial charge is 0.309 e. The average Bonchev–Trinajstić information content (AvgIpc) is 2.17. The van der Waals surface area contributed by atoms with Gasteiger partial charge >= 0.3 is 5.97 Å². The second-order valence-electron chi connectivity index (χ2n) is 3.95. The molecular weight excluding hydrogens is 274 g/mol. The summed E-state index contributed by atoms with van der Waals surface area (Å²) in [6, 6.07) is 3.35. The molecule has 0 saturated heterocycles. The Kier molecular flexibility index (Phi) is 4.44. The summed E-state index contributed by atoms with van der Waals surface area (Å²) in [4.78, 5) is 15.0. The Morgan fingerprint density at radius 2 is 2.06 bits per heavy atom. The number of carboxylic acids is 1. The average molecular weight is 288 g/mol. The van der Waals surface area contributed by atoms with E-state index in [2.05, 4.69) is 20.9 Å². The fourth-order valence-electron chi connectivity index (χ4n) is 1.53. The van der Waals surface area contributed by atoms with Gasteiger partial charge in [-0.3, -0.25) is 9.78 Å². The minimum absolute atomic E-state index is 0.155. The molecule has 0 aromatic carbocycles. The number of halogens is 1. The van der Waals surface area contributed by atoms with Crippen LogP contribution in [0.1, 0.15) is 25.6 Å². The van der Waals surface area contributed by atoms with Crippen LogP contribution in [0, 0.1) is 11.8 Å². The standard InChI is InChI=1S/C11H14BrNO3/c1-6(2)9(11(15)16)10(14)8-4-3-7(12)5-13-8/h3-6,9-10,14H,1-2H3,(H,15,16). The second-order valence-corrected chi connectivity index (χ2v) is 4.87. The highest BCUT2D eigenvalue weighted by molar-refractivity contribution is 9.10. The lowest BCUT2D eigenvalue weighted by Crippen LogP contribution is -2.27. The van der Waals surface area contributed by atoms with Gasteiger partial charge in [-0.2, -0.15) is 0 Å². The molecule has 0 fully saturated rings. The van der Waals surface area contributed by atoms with Crippen molar-refractivity contribution in [1.82, 2.24) is 4.98 Å². The monoisotopic (exact) mass is 287 g/mol. The molecule has 1 aromatic rings. The molecule has 5 heteroatoms. The highest BCUT2D eigenvalue weighted by Crippen LogP contribution is 2.27. The maximum atomic E-state index is 11.0. The van der Waals surface area contributed by atoms with Gasteiger partial charge in [-0.05, 0) is 34.0 Å². The third-order valence-electron chi connectivity index (χ3n) is 2.40. The molecule has 2 unspecified atom stereocenters. The summed E-state index contributed by atoms with van der Waals surface area (Å²) >= 11 is 3.23. The summed E-state index contributed by atoms with van der Waals surface area (Å²) in [6.45, 7) is 3.53. The lowest BCUT2D eigenvalue weighted by Gasteiger charge is -2.21. The first kappa shape index (κ1) is 13.1. The van der Waals surface area contributed by atoms with Gasteiger partial charge in [0, 0.05) is 10.7 Å². The first-order chi connectivity index (χ1) is 7.43. The largest absolute Gasteiger partial charge is 0.481 e. The van der Waals surface area contributed by atoms with Gasteiger partial charge in [0.05, 0.1) is 11.6 Å². The summed E-state index contributed by atoms with van der Waals surface area (Å²) in [5, 5.41) is 19.0. The van der Waals surface area contributed by atoms with Crippen LogP contribution in [-0.4, -0.2) is 21.2 Å². The maximum absolute atomic E-state index is 11.0. The van der Waals surface area contributed by atoms with E-state index in [1.807, 2.05) is 0 Å². The molecule has 16 heavy (non-hydrogen) atoms. The van der Waals surface area contributed by atoms with Gasteiger partial charge in [-0.25, -0.2) is 0 Å².